The molecule has 0 fully saturated rings. The Kier molecular flexibility index (Phi) is 19.0. The van der Waals surface area contributed by atoms with Crippen molar-refractivity contribution in [2.24, 2.45) is 11.8 Å². The minimum atomic E-state index is -4.03. The number of ether oxygens (including phenoxy) is 4. The molecule has 5 aromatic rings. The van der Waals surface area contributed by atoms with E-state index in [2.05, 4.69) is 0 Å². The topological polar surface area (TPSA) is 132 Å². The SMILES string of the molecule is CCCC(OP(=O)(CC(CCC(=O)OCc1ccccc1)C(=O)OCc1ccccc1)CC(CCC(=O)OCc1ccccc1)C(=O)OCc1ccccc1)c1ccccc1. The Balaban J connectivity index is 1.42. The summed E-state index contributed by atoms with van der Waals surface area (Å²) >= 11 is 0. The monoisotopic (exact) mass is 846 g/mol. The fourth-order valence-electron chi connectivity index (χ4n) is 6.74. The summed E-state index contributed by atoms with van der Waals surface area (Å²) in [6.07, 6.45) is -0.550. The van der Waals surface area contributed by atoms with Gasteiger partial charge in [0.05, 0.1) is 17.9 Å². The van der Waals surface area contributed by atoms with Gasteiger partial charge < -0.3 is 23.5 Å². The number of hydrogen-bond donors (Lipinski definition) is 0. The van der Waals surface area contributed by atoms with Crippen LogP contribution in [0.15, 0.2) is 152 Å². The molecule has 0 saturated carbocycles. The molecule has 0 aliphatic carbocycles. The lowest BCUT2D eigenvalue weighted by molar-refractivity contribution is -0.151. The summed E-state index contributed by atoms with van der Waals surface area (Å²) in [5.41, 5.74) is 3.91. The van der Waals surface area contributed by atoms with Crippen LogP contribution < -0.4 is 0 Å². The van der Waals surface area contributed by atoms with Gasteiger partial charge in [-0.3, -0.25) is 23.7 Å². The molecule has 0 spiro atoms. The maximum absolute atomic E-state index is 15.7. The highest BCUT2D eigenvalue weighted by Crippen LogP contribution is 2.55. The quantitative estimate of drug-likeness (QED) is 0.0318. The molecule has 0 radical (unpaired) electrons. The highest BCUT2D eigenvalue weighted by atomic mass is 31.2. The lowest BCUT2D eigenvalue weighted by Gasteiger charge is -2.30. The minimum absolute atomic E-state index is 0.0399. The van der Waals surface area contributed by atoms with Crippen molar-refractivity contribution >= 4 is 31.2 Å². The highest BCUT2D eigenvalue weighted by Gasteiger charge is 2.40. The fraction of sp³-hybridized carbons (Fsp3) is 0.320. The molecule has 61 heavy (non-hydrogen) atoms. The maximum Gasteiger partial charge on any atom is 0.309 e. The maximum atomic E-state index is 15.7. The summed E-state index contributed by atoms with van der Waals surface area (Å²) in [6.45, 7) is 2.02. The van der Waals surface area contributed by atoms with E-state index in [-0.39, 0.29) is 64.4 Å². The summed E-state index contributed by atoms with van der Waals surface area (Å²) < 4.78 is 45.0. The highest BCUT2D eigenvalue weighted by molar-refractivity contribution is 7.59. The van der Waals surface area contributed by atoms with Gasteiger partial charge in [-0.25, -0.2) is 0 Å². The van der Waals surface area contributed by atoms with E-state index >= 15 is 4.57 Å². The lowest BCUT2D eigenvalue weighted by atomic mass is 10.1. The van der Waals surface area contributed by atoms with Crippen molar-refractivity contribution < 1.29 is 47.2 Å². The molecule has 11 heteroatoms. The molecule has 0 saturated heterocycles. The molecule has 0 amide bonds. The van der Waals surface area contributed by atoms with Crippen molar-refractivity contribution in [1.29, 1.82) is 0 Å². The van der Waals surface area contributed by atoms with Gasteiger partial charge in [-0.15, -0.1) is 0 Å². The zero-order valence-electron chi connectivity index (χ0n) is 34.7. The number of carbonyl (C=O) groups excluding carboxylic acids is 4. The van der Waals surface area contributed by atoms with Crippen molar-refractivity contribution in [3.63, 3.8) is 0 Å². The first kappa shape index (κ1) is 46.2. The predicted molar refractivity (Wildman–Crippen MR) is 233 cm³/mol. The second-order valence-corrected chi connectivity index (χ2v) is 17.5. The smallest absolute Gasteiger partial charge is 0.309 e. The van der Waals surface area contributed by atoms with Gasteiger partial charge in [0.25, 0.3) is 0 Å². The molecule has 320 valence electrons. The Hall–Kier alpha value is -5.83. The number of hydrogen-bond acceptors (Lipinski definition) is 10. The normalized spacial score (nSPS) is 13.5. The van der Waals surface area contributed by atoms with Gasteiger partial charge in [-0.05, 0) is 47.1 Å². The van der Waals surface area contributed by atoms with Crippen LogP contribution in [0.2, 0.25) is 0 Å². The number of carbonyl (C=O) groups is 4. The van der Waals surface area contributed by atoms with E-state index in [1.54, 1.807) is 0 Å². The van der Waals surface area contributed by atoms with Gasteiger partial charge >= 0.3 is 23.9 Å². The van der Waals surface area contributed by atoms with E-state index in [4.69, 9.17) is 23.5 Å². The molecule has 10 nitrogen and oxygen atoms in total. The fourth-order valence-corrected chi connectivity index (χ4v) is 9.76. The predicted octanol–water partition coefficient (Wildman–Crippen LogP) is 10.6. The summed E-state index contributed by atoms with van der Waals surface area (Å²) in [7, 11) is -4.03. The minimum Gasteiger partial charge on any atom is -0.461 e. The van der Waals surface area contributed by atoms with E-state index in [0.717, 1.165) is 27.8 Å². The molecule has 0 aromatic heterocycles. The third-order valence-electron chi connectivity index (χ3n) is 10.0. The van der Waals surface area contributed by atoms with Gasteiger partial charge in [0.15, 0.2) is 0 Å². The Morgan fingerprint density at radius 3 is 1.13 bits per heavy atom. The Morgan fingerprint density at radius 1 is 0.459 bits per heavy atom. The van der Waals surface area contributed by atoms with Crippen LogP contribution in [0, 0.1) is 11.8 Å². The van der Waals surface area contributed by atoms with Crippen molar-refractivity contribution in [1.82, 2.24) is 0 Å². The average Bonchev–Trinajstić information content (AvgIpc) is 3.30. The molecular formula is C50H55O10P. The van der Waals surface area contributed by atoms with Crippen molar-refractivity contribution in [2.75, 3.05) is 12.3 Å². The summed E-state index contributed by atoms with van der Waals surface area (Å²) in [6, 6.07) is 46.2. The summed E-state index contributed by atoms with van der Waals surface area (Å²) in [5.74, 6) is -4.55. The largest absolute Gasteiger partial charge is 0.461 e. The van der Waals surface area contributed by atoms with Crippen molar-refractivity contribution in [2.45, 2.75) is 78.0 Å². The molecule has 5 aromatic carbocycles. The Bertz CT molecular complexity index is 1990. The van der Waals surface area contributed by atoms with Gasteiger partial charge in [0.2, 0.25) is 7.37 Å². The molecule has 3 atom stereocenters. The zero-order valence-corrected chi connectivity index (χ0v) is 35.6. The van der Waals surface area contributed by atoms with Crippen LogP contribution >= 0.6 is 7.37 Å². The van der Waals surface area contributed by atoms with Gasteiger partial charge in [0.1, 0.15) is 26.4 Å². The van der Waals surface area contributed by atoms with Gasteiger partial charge in [0, 0.05) is 25.2 Å². The van der Waals surface area contributed by atoms with E-state index in [9.17, 15) is 19.2 Å². The molecule has 5 rings (SSSR count). The van der Waals surface area contributed by atoms with Gasteiger partial charge in [-0.1, -0.05) is 165 Å². The first-order valence-electron chi connectivity index (χ1n) is 20.8. The van der Waals surface area contributed by atoms with Crippen molar-refractivity contribution in [3.8, 4) is 0 Å². The average molecular weight is 847 g/mol. The number of esters is 4. The summed E-state index contributed by atoms with van der Waals surface area (Å²) in [4.78, 5) is 54.3. The molecule has 0 bridgehead atoms. The first-order chi connectivity index (χ1) is 29.7. The van der Waals surface area contributed by atoms with E-state index in [1.165, 1.54) is 0 Å². The molecule has 0 heterocycles. The van der Waals surface area contributed by atoms with Crippen LogP contribution in [0.4, 0.5) is 0 Å². The molecule has 0 N–H and O–H groups in total. The van der Waals surface area contributed by atoms with E-state index < -0.39 is 49.2 Å². The third kappa shape index (κ3) is 16.6. The number of benzene rings is 5. The molecule has 3 unspecified atom stereocenters. The standard InChI is InChI=1S/C50H55O10P/c1-2-18-46(43-27-16-7-17-28-43)60-61(55,37-44(49(53)58-35-41-23-12-5-13-24-41)29-31-47(51)56-33-39-19-8-3-9-20-39)38-45(50(54)59-36-42-25-14-6-15-26-42)30-32-48(52)57-34-40-21-10-4-11-22-40/h3-17,19-28,44-46H,2,18,29-38H2,1H3. The first-order valence-corrected chi connectivity index (χ1v) is 22.8. The zero-order chi connectivity index (χ0) is 43.1. The second-order valence-electron chi connectivity index (χ2n) is 14.9. The third-order valence-corrected chi connectivity index (χ3v) is 12.7. The molecule has 0 aliphatic rings. The lowest BCUT2D eigenvalue weighted by Crippen LogP contribution is -2.28. The van der Waals surface area contributed by atoms with Crippen LogP contribution in [0.5, 0.6) is 0 Å². The Labute approximate surface area is 359 Å². The van der Waals surface area contributed by atoms with Crippen LogP contribution in [0.25, 0.3) is 0 Å². The van der Waals surface area contributed by atoms with Crippen LogP contribution in [0.1, 0.15) is 79.4 Å². The molecular weight excluding hydrogens is 792 g/mol. The van der Waals surface area contributed by atoms with Crippen LogP contribution in [0.3, 0.4) is 0 Å². The van der Waals surface area contributed by atoms with Crippen LogP contribution in [-0.4, -0.2) is 36.2 Å². The van der Waals surface area contributed by atoms with E-state index in [1.807, 2.05) is 159 Å². The summed E-state index contributed by atoms with van der Waals surface area (Å²) in [5, 5.41) is 0. The van der Waals surface area contributed by atoms with Crippen molar-refractivity contribution in [3.05, 3.63) is 179 Å². The van der Waals surface area contributed by atoms with Crippen LogP contribution in [-0.2, 0) is 73.6 Å². The number of rotatable bonds is 25. The van der Waals surface area contributed by atoms with E-state index in [0.29, 0.717) is 12.8 Å². The molecule has 0 aliphatic heterocycles. The Morgan fingerprint density at radius 2 is 0.787 bits per heavy atom. The second kappa shape index (κ2) is 25.1. The van der Waals surface area contributed by atoms with Gasteiger partial charge in [-0.2, -0.15) is 0 Å².